The number of aromatic amines is 1. The number of carboxylic acids is 1. The molecule has 3 aromatic rings. The van der Waals surface area contributed by atoms with E-state index >= 15 is 0 Å². The Kier molecular flexibility index (Phi) is 5.93. The molecule has 7 unspecified atom stereocenters. The predicted octanol–water partition coefficient (Wildman–Crippen LogP) is 3.96. The molecule has 2 saturated carbocycles. The quantitative estimate of drug-likeness (QED) is 0.419. The first-order valence-corrected chi connectivity index (χ1v) is 14.8. The minimum atomic E-state index is -1.03. The smallest absolute Gasteiger partial charge is 0.305 e. The standard InChI is InChI=1S/C29H26N2O6S2/c32-19(33)9-10-31-27(34)22-17-12-18(23(22)28(31)35)24-21(17)20(25-26(38-24)30-29(36)39-25)15-7-4-8-16(11-15)37-13-14-5-2-1-3-6-14/h1-8,11,17-18,20-24H,9-10,12-13H2,(H,30,36)(H,32,33). The van der Waals surface area contributed by atoms with Crippen molar-refractivity contribution in [3.8, 4) is 5.75 Å². The van der Waals surface area contributed by atoms with Gasteiger partial charge in [-0.2, -0.15) is 0 Å². The van der Waals surface area contributed by atoms with Crippen LogP contribution in [-0.2, 0) is 21.0 Å². The van der Waals surface area contributed by atoms with E-state index in [2.05, 4.69) is 11.1 Å². The van der Waals surface area contributed by atoms with Crippen LogP contribution in [0.25, 0.3) is 0 Å². The van der Waals surface area contributed by atoms with E-state index in [9.17, 15) is 19.2 Å². The van der Waals surface area contributed by atoms with Gasteiger partial charge in [-0.25, -0.2) is 0 Å². The zero-order valence-corrected chi connectivity index (χ0v) is 22.5. The van der Waals surface area contributed by atoms with Gasteiger partial charge < -0.3 is 14.8 Å². The summed E-state index contributed by atoms with van der Waals surface area (Å²) in [6.07, 6.45) is 0.548. The highest BCUT2D eigenvalue weighted by Gasteiger charge is 2.69. The second kappa shape index (κ2) is 9.38. The predicted molar refractivity (Wildman–Crippen MR) is 145 cm³/mol. The summed E-state index contributed by atoms with van der Waals surface area (Å²) in [7, 11) is 0. The second-order valence-electron chi connectivity index (χ2n) is 10.8. The van der Waals surface area contributed by atoms with E-state index in [1.807, 2.05) is 48.5 Å². The number of carbonyl (C=O) groups is 3. The van der Waals surface area contributed by atoms with E-state index in [0.29, 0.717) is 6.61 Å². The highest BCUT2D eigenvalue weighted by atomic mass is 32.2. The summed E-state index contributed by atoms with van der Waals surface area (Å²) in [5.41, 5.74) is 2.11. The number of likely N-dealkylation sites (tertiary alicyclic amines) is 1. The molecule has 39 heavy (non-hydrogen) atoms. The molecule has 2 bridgehead atoms. The number of hydrogen-bond acceptors (Lipinski definition) is 7. The third-order valence-electron chi connectivity index (χ3n) is 8.83. The normalized spacial score (nSPS) is 30.3. The Bertz CT molecular complexity index is 1530. The zero-order chi connectivity index (χ0) is 26.8. The van der Waals surface area contributed by atoms with E-state index in [1.54, 1.807) is 11.8 Å². The number of nitrogens with one attached hydrogen (secondary N) is 1. The van der Waals surface area contributed by atoms with Gasteiger partial charge in [-0.1, -0.05) is 53.8 Å². The number of nitrogens with zero attached hydrogens (tertiary/aromatic N) is 1. The van der Waals surface area contributed by atoms with Gasteiger partial charge in [0.05, 0.1) is 23.3 Å². The average Bonchev–Trinajstić information content (AvgIpc) is 3.66. The number of aromatic nitrogens is 1. The fourth-order valence-electron chi connectivity index (χ4n) is 7.42. The topological polar surface area (TPSA) is 117 Å². The number of thiazole rings is 1. The molecule has 1 aromatic heterocycles. The number of imide groups is 1. The van der Waals surface area contributed by atoms with Crippen LogP contribution in [0.3, 0.4) is 0 Å². The molecule has 4 aliphatic rings. The Labute approximate surface area is 232 Å². The van der Waals surface area contributed by atoms with Gasteiger partial charge in [0.2, 0.25) is 11.8 Å². The molecule has 7 atom stereocenters. The highest BCUT2D eigenvalue weighted by molar-refractivity contribution is 8.00. The summed E-state index contributed by atoms with van der Waals surface area (Å²) in [6, 6.07) is 18.0. The number of benzene rings is 2. The Morgan fingerprint density at radius 2 is 1.79 bits per heavy atom. The van der Waals surface area contributed by atoms with Gasteiger partial charge in [0, 0.05) is 22.6 Å². The molecule has 2 N–H and O–H groups in total. The fraction of sp³-hybridized carbons (Fsp3) is 0.379. The molecule has 10 heteroatoms. The van der Waals surface area contributed by atoms with Crippen LogP contribution in [0, 0.1) is 29.6 Å². The minimum Gasteiger partial charge on any atom is -0.489 e. The van der Waals surface area contributed by atoms with Crippen molar-refractivity contribution >= 4 is 40.9 Å². The molecule has 200 valence electrons. The summed E-state index contributed by atoms with van der Waals surface area (Å²) in [5, 5.41) is 10.1. The summed E-state index contributed by atoms with van der Waals surface area (Å²) < 4.78 is 6.13. The number of rotatable bonds is 7. The maximum Gasteiger partial charge on any atom is 0.305 e. The molecule has 2 aliphatic carbocycles. The second-order valence-corrected chi connectivity index (χ2v) is 13.0. The first kappa shape index (κ1) is 24.7. The van der Waals surface area contributed by atoms with Crippen molar-refractivity contribution in [3.05, 3.63) is 80.3 Å². The van der Waals surface area contributed by atoms with Gasteiger partial charge in [-0.15, -0.1) is 11.8 Å². The molecule has 2 amide bonds. The molecule has 3 fully saturated rings. The van der Waals surface area contributed by atoms with Crippen molar-refractivity contribution in [2.75, 3.05) is 6.54 Å². The average molecular weight is 563 g/mol. The molecule has 7 rings (SSSR count). The minimum absolute atomic E-state index is 0.00646. The summed E-state index contributed by atoms with van der Waals surface area (Å²) in [5.74, 6) is -1.57. The van der Waals surface area contributed by atoms with Gasteiger partial charge in [0.25, 0.3) is 0 Å². The lowest BCUT2D eigenvalue weighted by atomic mass is 9.68. The Morgan fingerprint density at radius 1 is 1.03 bits per heavy atom. The van der Waals surface area contributed by atoms with Crippen LogP contribution in [0.4, 0.5) is 0 Å². The van der Waals surface area contributed by atoms with Crippen LogP contribution in [0.5, 0.6) is 5.75 Å². The molecule has 1 saturated heterocycles. The van der Waals surface area contributed by atoms with Crippen molar-refractivity contribution in [3.63, 3.8) is 0 Å². The maximum atomic E-state index is 13.5. The van der Waals surface area contributed by atoms with Gasteiger partial charge in [0.1, 0.15) is 12.4 Å². The summed E-state index contributed by atoms with van der Waals surface area (Å²) in [4.78, 5) is 55.5. The van der Waals surface area contributed by atoms with E-state index in [4.69, 9.17) is 9.84 Å². The van der Waals surface area contributed by atoms with Crippen molar-refractivity contribution < 1.29 is 24.2 Å². The summed E-state index contributed by atoms with van der Waals surface area (Å²) in [6.45, 7) is 0.365. The third-order valence-corrected chi connectivity index (χ3v) is 11.4. The van der Waals surface area contributed by atoms with E-state index in [0.717, 1.165) is 33.2 Å². The summed E-state index contributed by atoms with van der Waals surface area (Å²) >= 11 is 2.86. The lowest BCUT2D eigenvalue weighted by Gasteiger charge is -2.43. The van der Waals surface area contributed by atoms with Crippen molar-refractivity contribution in [1.82, 2.24) is 9.88 Å². The van der Waals surface area contributed by atoms with E-state index in [1.165, 1.54) is 16.2 Å². The van der Waals surface area contributed by atoms with Crippen molar-refractivity contribution in [2.45, 2.75) is 35.6 Å². The number of H-pyrrole nitrogens is 1. The number of carbonyl (C=O) groups excluding carboxylic acids is 2. The van der Waals surface area contributed by atoms with Gasteiger partial charge in [-0.05, 0) is 47.4 Å². The van der Waals surface area contributed by atoms with Gasteiger partial charge >= 0.3 is 10.8 Å². The molecule has 3 heterocycles. The maximum absolute atomic E-state index is 13.5. The van der Waals surface area contributed by atoms with Crippen LogP contribution in [0.1, 0.15) is 34.8 Å². The number of ether oxygens (including phenoxy) is 1. The van der Waals surface area contributed by atoms with Gasteiger partial charge in [-0.3, -0.25) is 24.1 Å². The Balaban J connectivity index is 1.23. The van der Waals surface area contributed by atoms with Crippen molar-refractivity contribution in [1.29, 1.82) is 0 Å². The molecular weight excluding hydrogens is 536 g/mol. The van der Waals surface area contributed by atoms with Crippen LogP contribution in [-0.4, -0.2) is 44.6 Å². The number of carboxylic acid groups (broad SMARTS) is 1. The van der Waals surface area contributed by atoms with Crippen LogP contribution in [0.15, 0.2) is 64.4 Å². The number of aliphatic carboxylic acids is 1. The van der Waals surface area contributed by atoms with Gasteiger partial charge in [0.15, 0.2) is 0 Å². The number of fused-ring (bicyclic) bond motifs is 9. The highest BCUT2D eigenvalue weighted by Crippen LogP contribution is 2.68. The molecule has 2 aliphatic heterocycles. The van der Waals surface area contributed by atoms with Crippen LogP contribution in [0.2, 0.25) is 0 Å². The van der Waals surface area contributed by atoms with Crippen LogP contribution < -0.4 is 9.61 Å². The number of amides is 2. The lowest BCUT2D eigenvalue weighted by molar-refractivity contribution is -0.142. The SMILES string of the molecule is O=C(O)CCN1C(=O)C2C3CC(C2C1=O)C1C(c2cccc(OCc4ccccc4)c2)c2sc(=O)[nH]c2SC31. The Hall–Kier alpha value is -3.37. The lowest BCUT2D eigenvalue weighted by Crippen LogP contribution is -2.42. The first-order chi connectivity index (χ1) is 18.9. The monoisotopic (exact) mass is 562 g/mol. The molecular formula is C29H26N2O6S2. The molecule has 2 aromatic carbocycles. The Morgan fingerprint density at radius 3 is 2.56 bits per heavy atom. The number of thioether (sulfide) groups is 1. The molecule has 0 spiro atoms. The largest absolute Gasteiger partial charge is 0.489 e. The van der Waals surface area contributed by atoms with E-state index < -0.39 is 17.8 Å². The molecule has 0 radical (unpaired) electrons. The number of hydrogen-bond donors (Lipinski definition) is 2. The zero-order valence-electron chi connectivity index (χ0n) is 20.8. The fourth-order valence-corrected chi connectivity index (χ4v) is 10.3. The molecule has 8 nitrogen and oxygen atoms in total. The van der Waals surface area contributed by atoms with Crippen LogP contribution >= 0.6 is 23.1 Å². The third kappa shape index (κ3) is 3.95. The first-order valence-electron chi connectivity index (χ1n) is 13.1. The van der Waals surface area contributed by atoms with Crippen molar-refractivity contribution in [2.24, 2.45) is 29.6 Å². The van der Waals surface area contributed by atoms with E-state index in [-0.39, 0.29) is 58.6 Å².